The standard InChI is InChI=1S/C15H21N3O2/c1-17(2)11-4-3-7-18(9-11)10-5-6-12-13(8-10)16-15(20)14(12)19/h5-6,8,11,14,19H,3-4,7,9H2,1-2H3,(H,16,20). The number of rotatable bonds is 2. The van der Waals surface area contributed by atoms with Crippen molar-refractivity contribution in [2.75, 3.05) is 37.4 Å². The number of benzene rings is 1. The summed E-state index contributed by atoms with van der Waals surface area (Å²) in [5, 5.41) is 12.5. The van der Waals surface area contributed by atoms with Gasteiger partial charge >= 0.3 is 0 Å². The van der Waals surface area contributed by atoms with Gasteiger partial charge < -0.3 is 20.2 Å². The van der Waals surface area contributed by atoms with Crippen LogP contribution in [0.4, 0.5) is 11.4 Å². The molecule has 0 spiro atoms. The second-order valence-corrected chi connectivity index (χ2v) is 5.87. The highest BCUT2D eigenvalue weighted by Crippen LogP contribution is 2.34. The van der Waals surface area contributed by atoms with E-state index in [4.69, 9.17) is 0 Å². The average molecular weight is 275 g/mol. The number of carbonyl (C=O) groups is 1. The molecule has 2 aliphatic heterocycles. The summed E-state index contributed by atoms with van der Waals surface area (Å²) in [5.41, 5.74) is 2.54. The third-order valence-electron chi connectivity index (χ3n) is 4.33. The molecule has 0 saturated carbocycles. The maximum atomic E-state index is 11.5. The summed E-state index contributed by atoms with van der Waals surface area (Å²) in [4.78, 5) is 16.1. The highest BCUT2D eigenvalue weighted by Gasteiger charge is 2.29. The monoisotopic (exact) mass is 275 g/mol. The predicted octanol–water partition coefficient (Wildman–Crippen LogP) is 1.20. The van der Waals surface area contributed by atoms with Gasteiger partial charge in [0, 0.05) is 36.1 Å². The number of piperidine rings is 1. The van der Waals surface area contributed by atoms with Crippen molar-refractivity contribution in [1.82, 2.24) is 4.90 Å². The summed E-state index contributed by atoms with van der Waals surface area (Å²) in [6.45, 7) is 2.04. The van der Waals surface area contributed by atoms with Crippen molar-refractivity contribution >= 4 is 17.3 Å². The summed E-state index contributed by atoms with van der Waals surface area (Å²) in [5.74, 6) is -0.332. The van der Waals surface area contributed by atoms with Gasteiger partial charge in [0.05, 0.1) is 0 Å². The molecule has 2 unspecified atom stereocenters. The molecule has 108 valence electrons. The summed E-state index contributed by atoms with van der Waals surface area (Å²) < 4.78 is 0. The molecule has 0 radical (unpaired) electrons. The van der Waals surface area contributed by atoms with Gasteiger partial charge in [-0.2, -0.15) is 0 Å². The highest BCUT2D eigenvalue weighted by molar-refractivity contribution is 6.02. The molecule has 0 aliphatic carbocycles. The molecule has 2 heterocycles. The lowest BCUT2D eigenvalue weighted by molar-refractivity contribution is -0.123. The van der Waals surface area contributed by atoms with E-state index >= 15 is 0 Å². The Morgan fingerprint density at radius 1 is 1.40 bits per heavy atom. The number of amides is 1. The molecule has 2 aliphatic rings. The predicted molar refractivity (Wildman–Crippen MR) is 79.0 cm³/mol. The number of nitrogens with zero attached hydrogens (tertiary/aromatic N) is 2. The van der Waals surface area contributed by atoms with Crippen LogP contribution in [0.1, 0.15) is 24.5 Å². The molecule has 1 aromatic rings. The molecule has 5 heteroatoms. The fraction of sp³-hybridized carbons (Fsp3) is 0.533. The van der Waals surface area contributed by atoms with Gasteiger partial charge in [0.1, 0.15) is 0 Å². The molecule has 2 atom stereocenters. The minimum absolute atomic E-state index is 0.332. The van der Waals surface area contributed by atoms with Gasteiger partial charge in [0.25, 0.3) is 5.91 Å². The van der Waals surface area contributed by atoms with Crippen molar-refractivity contribution in [3.8, 4) is 0 Å². The van der Waals surface area contributed by atoms with Crippen LogP contribution in [0.25, 0.3) is 0 Å². The Morgan fingerprint density at radius 3 is 2.95 bits per heavy atom. The van der Waals surface area contributed by atoms with Gasteiger partial charge in [-0.1, -0.05) is 6.07 Å². The first-order valence-corrected chi connectivity index (χ1v) is 7.10. The van der Waals surface area contributed by atoms with Crippen molar-refractivity contribution in [2.45, 2.75) is 25.0 Å². The highest BCUT2D eigenvalue weighted by atomic mass is 16.3. The third-order valence-corrected chi connectivity index (χ3v) is 4.33. The lowest BCUT2D eigenvalue weighted by atomic mass is 10.0. The Kier molecular flexibility index (Phi) is 3.40. The molecule has 1 aromatic carbocycles. The van der Waals surface area contributed by atoms with Crippen molar-refractivity contribution in [3.63, 3.8) is 0 Å². The van der Waals surface area contributed by atoms with Crippen LogP contribution < -0.4 is 10.2 Å². The smallest absolute Gasteiger partial charge is 0.257 e. The number of anilines is 2. The van der Waals surface area contributed by atoms with Crippen LogP contribution in [0.2, 0.25) is 0 Å². The molecule has 5 nitrogen and oxygen atoms in total. The summed E-state index contributed by atoms with van der Waals surface area (Å²) >= 11 is 0. The lowest BCUT2D eigenvalue weighted by Gasteiger charge is -2.37. The van der Waals surface area contributed by atoms with Crippen molar-refractivity contribution in [2.24, 2.45) is 0 Å². The Hall–Kier alpha value is -1.59. The summed E-state index contributed by atoms with van der Waals surface area (Å²) in [7, 11) is 4.24. The van der Waals surface area contributed by atoms with Crippen molar-refractivity contribution in [1.29, 1.82) is 0 Å². The molecule has 20 heavy (non-hydrogen) atoms. The van der Waals surface area contributed by atoms with Gasteiger partial charge in [-0.25, -0.2) is 0 Å². The van der Waals surface area contributed by atoms with E-state index in [2.05, 4.69) is 29.2 Å². The molecule has 3 rings (SSSR count). The van der Waals surface area contributed by atoms with Crippen LogP contribution in [0.5, 0.6) is 0 Å². The van der Waals surface area contributed by atoms with E-state index in [-0.39, 0.29) is 5.91 Å². The number of aliphatic hydroxyl groups excluding tert-OH is 1. The molecular weight excluding hydrogens is 254 g/mol. The Bertz CT molecular complexity index is 530. The normalized spacial score (nSPS) is 25.8. The second-order valence-electron chi connectivity index (χ2n) is 5.87. The maximum Gasteiger partial charge on any atom is 0.257 e. The first-order valence-electron chi connectivity index (χ1n) is 7.10. The molecular formula is C15H21N3O2. The minimum Gasteiger partial charge on any atom is -0.378 e. The van der Waals surface area contributed by atoms with E-state index in [9.17, 15) is 9.90 Å². The third kappa shape index (κ3) is 2.27. The van der Waals surface area contributed by atoms with Gasteiger partial charge in [-0.15, -0.1) is 0 Å². The van der Waals surface area contributed by atoms with E-state index in [1.54, 1.807) is 0 Å². The molecule has 2 N–H and O–H groups in total. The Labute approximate surface area is 119 Å². The molecule has 1 saturated heterocycles. The van der Waals surface area contributed by atoms with Gasteiger partial charge in [0.2, 0.25) is 0 Å². The zero-order valence-corrected chi connectivity index (χ0v) is 12.0. The van der Waals surface area contributed by atoms with E-state index < -0.39 is 6.10 Å². The molecule has 0 bridgehead atoms. The van der Waals surface area contributed by atoms with Gasteiger partial charge in [-0.05, 0) is 39.1 Å². The second kappa shape index (κ2) is 5.07. The SMILES string of the molecule is CN(C)C1CCCN(c2ccc3c(c2)NC(=O)C3O)C1. The van der Waals surface area contributed by atoms with Crippen molar-refractivity contribution < 1.29 is 9.90 Å². The van der Waals surface area contributed by atoms with Gasteiger partial charge in [-0.3, -0.25) is 4.79 Å². The molecule has 1 fully saturated rings. The zero-order chi connectivity index (χ0) is 14.3. The van der Waals surface area contributed by atoms with E-state index in [1.807, 2.05) is 18.2 Å². The number of hydrogen-bond donors (Lipinski definition) is 2. The van der Waals surface area contributed by atoms with Crippen LogP contribution >= 0.6 is 0 Å². The zero-order valence-electron chi connectivity index (χ0n) is 12.0. The summed E-state index contributed by atoms with van der Waals surface area (Å²) in [6, 6.07) is 6.39. The van der Waals surface area contributed by atoms with Crippen LogP contribution in [-0.4, -0.2) is 49.1 Å². The molecule has 0 aromatic heterocycles. The quantitative estimate of drug-likeness (QED) is 0.851. The fourth-order valence-corrected chi connectivity index (χ4v) is 3.04. The van der Waals surface area contributed by atoms with Crippen molar-refractivity contribution in [3.05, 3.63) is 23.8 Å². The topological polar surface area (TPSA) is 55.8 Å². The number of carbonyl (C=O) groups excluding carboxylic acids is 1. The first kappa shape index (κ1) is 13.4. The van der Waals surface area contributed by atoms with Gasteiger partial charge in [0.15, 0.2) is 6.10 Å². The van der Waals surface area contributed by atoms with Crippen LogP contribution in [0.3, 0.4) is 0 Å². The fourth-order valence-electron chi connectivity index (χ4n) is 3.04. The van der Waals surface area contributed by atoms with E-state index in [0.717, 1.165) is 24.5 Å². The van der Waals surface area contributed by atoms with E-state index in [0.29, 0.717) is 11.6 Å². The van der Waals surface area contributed by atoms with Crippen LogP contribution in [0.15, 0.2) is 18.2 Å². The Morgan fingerprint density at radius 2 is 2.20 bits per heavy atom. The lowest BCUT2D eigenvalue weighted by Crippen LogP contribution is -2.45. The largest absolute Gasteiger partial charge is 0.378 e. The molecule has 1 amide bonds. The summed E-state index contributed by atoms with van der Waals surface area (Å²) in [6.07, 6.45) is 1.38. The van der Waals surface area contributed by atoms with Crippen LogP contribution in [0, 0.1) is 0 Å². The van der Waals surface area contributed by atoms with E-state index in [1.165, 1.54) is 12.8 Å². The first-order chi connectivity index (χ1) is 9.56. The number of aliphatic hydroxyl groups is 1. The average Bonchev–Trinajstić information content (AvgIpc) is 2.74. The van der Waals surface area contributed by atoms with Crippen LogP contribution in [-0.2, 0) is 4.79 Å². The number of nitrogens with one attached hydrogen (secondary N) is 1. The number of fused-ring (bicyclic) bond motifs is 1. The number of likely N-dealkylation sites (N-methyl/N-ethyl adjacent to an activating group) is 1. The maximum absolute atomic E-state index is 11.5. The number of hydrogen-bond acceptors (Lipinski definition) is 4. The Balaban J connectivity index is 1.82. The minimum atomic E-state index is -1.02.